The molecule has 0 aromatic carbocycles. The second-order valence-electron chi connectivity index (χ2n) is 6.56. The van der Waals surface area contributed by atoms with Crippen LogP contribution in [0.5, 0.6) is 0 Å². The van der Waals surface area contributed by atoms with Gasteiger partial charge >= 0.3 is 0 Å². The lowest BCUT2D eigenvalue weighted by molar-refractivity contribution is 0.0960. The molecule has 1 aromatic heterocycles. The SMILES string of the molecule is CCCC1(COC)CC(O)c2cc(S(=O)(=O)N=CN(C)C)sc2S1(=O)=O. The quantitative estimate of drug-likeness (QED) is 0.520. The van der Waals surface area contributed by atoms with E-state index in [9.17, 15) is 21.9 Å². The molecular weight excluding hydrogens is 400 g/mol. The number of methoxy groups -OCH3 is 1. The van der Waals surface area contributed by atoms with E-state index in [-0.39, 0.29) is 27.0 Å². The minimum Gasteiger partial charge on any atom is -0.388 e. The Bertz CT molecular complexity index is 880. The van der Waals surface area contributed by atoms with E-state index >= 15 is 0 Å². The van der Waals surface area contributed by atoms with Gasteiger partial charge in [0.25, 0.3) is 10.0 Å². The van der Waals surface area contributed by atoms with Crippen molar-refractivity contribution in [2.45, 2.75) is 45.5 Å². The number of sulfone groups is 1. The first-order valence-corrected chi connectivity index (χ1v) is 11.8. The van der Waals surface area contributed by atoms with Gasteiger partial charge in [-0.1, -0.05) is 13.3 Å². The second-order valence-corrected chi connectivity index (χ2v) is 12.0. The van der Waals surface area contributed by atoms with Crippen molar-refractivity contribution in [1.29, 1.82) is 0 Å². The van der Waals surface area contributed by atoms with Crippen molar-refractivity contribution >= 4 is 37.5 Å². The average Bonchev–Trinajstić information content (AvgIpc) is 2.99. The predicted octanol–water partition coefficient (Wildman–Crippen LogP) is 1.42. The first-order valence-electron chi connectivity index (χ1n) is 8.03. The molecule has 2 heterocycles. The van der Waals surface area contributed by atoms with Crippen LogP contribution >= 0.6 is 11.3 Å². The molecular formula is C15H24N2O6S3. The van der Waals surface area contributed by atoms with E-state index in [1.165, 1.54) is 18.1 Å². The van der Waals surface area contributed by atoms with E-state index in [2.05, 4.69) is 4.40 Å². The van der Waals surface area contributed by atoms with E-state index in [1.807, 2.05) is 6.92 Å². The molecule has 0 spiro atoms. The van der Waals surface area contributed by atoms with Gasteiger partial charge in [-0.2, -0.15) is 8.42 Å². The molecule has 1 aromatic rings. The number of ether oxygens (including phenoxy) is 1. The molecule has 0 saturated carbocycles. The highest BCUT2D eigenvalue weighted by atomic mass is 32.3. The first kappa shape index (κ1) is 21.3. The normalized spacial score (nSPS) is 25.3. The summed E-state index contributed by atoms with van der Waals surface area (Å²) in [6, 6.07) is 1.22. The number of rotatable bonds is 7. The summed E-state index contributed by atoms with van der Waals surface area (Å²) >= 11 is 0.635. The van der Waals surface area contributed by atoms with Crippen LogP contribution in [0.15, 0.2) is 18.9 Å². The maximum Gasteiger partial charge on any atom is 0.293 e. The van der Waals surface area contributed by atoms with Crippen molar-refractivity contribution in [2.75, 3.05) is 27.8 Å². The minimum atomic E-state index is -4.05. The van der Waals surface area contributed by atoms with E-state index in [1.54, 1.807) is 14.1 Å². The maximum atomic E-state index is 13.2. The molecule has 0 bridgehead atoms. The lowest BCUT2D eigenvalue weighted by Gasteiger charge is -2.37. The lowest BCUT2D eigenvalue weighted by Crippen LogP contribution is -2.46. The van der Waals surface area contributed by atoms with Gasteiger partial charge in [0.05, 0.1) is 12.7 Å². The highest BCUT2D eigenvalue weighted by Gasteiger charge is 2.52. The molecule has 2 rings (SSSR count). The van der Waals surface area contributed by atoms with Crippen LogP contribution in [0, 0.1) is 0 Å². The smallest absolute Gasteiger partial charge is 0.293 e. The fourth-order valence-electron chi connectivity index (χ4n) is 3.08. The van der Waals surface area contributed by atoms with Crippen LogP contribution in [0.25, 0.3) is 0 Å². The number of thiophene rings is 1. The standard InChI is InChI=1S/C15H24N2O6S3/c1-5-6-15(9-23-4)8-12(18)11-7-13(24-14(11)25(15,19)20)26(21,22)16-10-17(2)3/h7,10,12,18H,5-6,8-9H2,1-4H3. The van der Waals surface area contributed by atoms with Crippen molar-refractivity contribution < 1.29 is 26.7 Å². The summed E-state index contributed by atoms with van der Waals surface area (Å²) in [7, 11) is -3.26. The van der Waals surface area contributed by atoms with E-state index in [0.717, 1.165) is 6.34 Å². The van der Waals surface area contributed by atoms with Gasteiger partial charge in [0.1, 0.15) is 19.5 Å². The van der Waals surface area contributed by atoms with Gasteiger partial charge < -0.3 is 14.7 Å². The Morgan fingerprint density at radius 2 is 2.15 bits per heavy atom. The molecule has 1 aliphatic rings. The van der Waals surface area contributed by atoms with Crippen LogP contribution in [0.2, 0.25) is 0 Å². The van der Waals surface area contributed by atoms with Gasteiger partial charge in [-0.15, -0.1) is 15.7 Å². The van der Waals surface area contributed by atoms with Crippen molar-refractivity contribution in [3.63, 3.8) is 0 Å². The summed E-state index contributed by atoms with van der Waals surface area (Å²) in [6.07, 6.45) is 0.937. The van der Waals surface area contributed by atoms with Crippen molar-refractivity contribution in [1.82, 2.24) is 4.90 Å². The van der Waals surface area contributed by atoms with Gasteiger partial charge in [0.2, 0.25) is 0 Å². The molecule has 2 unspecified atom stereocenters. The van der Waals surface area contributed by atoms with Crippen LogP contribution in [-0.4, -0.2) is 65.7 Å². The molecule has 1 N–H and O–H groups in total. The molecule has 11 heteroatoms. The highest BCUT2D eigenvalue weighted by Crippen LogP contribution is 2.49. The second kappa shape index (κ2) is 7.55. The van der Waals surface area contributed by atoms with Crippen LogP contribution < -0.4 is 0 Å². The zero-order valence-corrected chi connectivity index (χ0v) is 17.6. The molecule has 8 nitrogen and oxygen atoms in total. The van der Waals surface area contributed by atoms with Crippen LogP contribution in [0.1, 0.15) is 37.9 Å². The molecule has 2 atom stereocenters. The Morgan fingerprint density at radius 3 is 2.69 bits per heavy atom. The number of sulfonamides is 1. The molecule has 0 saturated heterocycles. The fraction of sp³-hybridized carbons (Fsp3) is 0.667. The number of aliphatic hydroxyl groups excluding tert-OH is 1. The molecule has 1 aliphatic heterocycles. The Hall–Kier alpha value is -1.01. The fourth-order valence-corrected chi connectivity index (χ4v) is 8.67. The third-order valence-electron chi connectivity index (χ3n) is 4.22. The number of fused-ring (bicyclic) bond motifs is 1. The number of aliphatic hydroxyl groups is 1. The monoisotopic (exact) mass is 424 g/mol. The zero-order valence-electron chi connectivity index (χ0n) is 15.2. The third kappa shape index (κ3) is 3.68. The molecule has 0 fully saturated rings. The molecule has 26 heavy (non-hydrogen) atoms. The van der Waals surface area contributed by atoms with Gasteiger partial charge in [0, 0.05) is 26.8 Å². The van der Waals surface area contributed by atoms with E-state index in [4.69, 9.17) is 4.74 Å². The Morgan fingerprint density at radius 1 is 1.50 bits per heavy atom. The predicted molar refractivity (Wildman–Crippen MR) is 100.0 cm³/mol. The average molecular weight is 425 g/mol. The lowest BCUT2D eigenvalue weighted by atomic mass is 9.93. The summed E-state index contributed by atoms with van der Waals surface area (Å²) in [5, 5.41) is 10.5. The Labute approximate surface area is 158 Å². The van der Waals surface area contributed by atoms with Gasteiger partial charge in [-0.3, -0.25) is 0 Å². The summed E-state index contributed by atoms with van der Waals surface area (Å²) in [6.45, 7) is 1.80. The zero-order chi connectivity index (χ0) is 19.8. The molecule has 148 valence electrons. The largest absolute Gasteiger partial charge is 0.388 e. The highest BCUT2D eigenvalue weighted by molar-refractivity contribution is 7.96. The van der Waals surface area contributed by atoms with E-state index in [0.29, 0.717) is 24.2 Å². The molecule has 0 amide bonds. The number of nitrogens with zero attached hydrogens (tertiary/aromatic N) is 2. The van der Waals surface area contributed by atoms with Crippen LogP contribution in [0.4, 0.5) is 0 Å². The van der Waals surface area contributed by atoms with E-state index < -0.39 is 30.7 Å². The summed E-state index contributed by atoms with van der Waals surface area (Å²) in [5.74, 6) is 0. The van der Waals surface area contributed by atoms with Gasteiger partial charge in [0.15, 0.2) is 9.84 Å². The van der Waals surface area contributed by atoms with Crippen molar-refractivity contribution in [2.24, 2.45) is 4.40 Å². The van der Waals surface area contributed by atoms with Crippen molar-refractivity contribution in [3.05, 3.63) is 11.6 Å². The Kier molecular flexibility index (Phi) is 6.18. The first-order chi connectivity index (χ1) is 12.0. The number of hydrogen-bond donors (Lipinski definition) is 1. The number of hydrogen-bond acceptors (Lipinski definition) is 7. The van der Waals surface area contributed by atoms with Crippen LogP contribution in [0.3, 0.4) is 0 Å². The van der Waals surface area contributed by atoms with Gasteiger partial charge in [-0.05, 0) is 18.9 Å². The maximum absolute atomic E-state index is 13.2. The molecule has 0 radical (unpaired) electrons. The topological polar surface area (TPSA) is 113 Å². The summed E-state index contributed by atoms with van der Waals surface area (Å²) in [5.41, 5.74) is 0.122. The Balaban J connectivity index is 2.61. The summed E-state index contributed by atoms with van der Waals surface area (Å²) < 4.78 is 58.3. The van der Waals surface area contributed by atoms with Crippen LogP contribution in [-0.2, 0) is 24.6 Å². The summed E-state index contributed by atoms with van der Waals surface area (Å²) in [4.78, 5) is 1.46. The van der Waals surface area contributed by atoms with Gasteiger partial charge in [-0.25, -0.2) is 8.42 Å². The minimum absolute atomic E-state index is 0.0266. The molecule has 0 aliphatic carbocycles. The third-order valence-corrected chi connectivity index (χ3v) is 10.1. The van der Waals surface area contributed by atoms with Crippen molar-refractivity contribution in [3.8, 4) is 0 Å².